The smallest absolute Gasteiger partial charge is 0.252 e. The number of ether oxygens (including phenoxy) is 2. The molecule has 0 unspecified atom stereocenters. The molecule has 1 amide bonds. The first-order valence-electron chi connectivity index (χ1n) is 10.2. The van der Waals surface area contributed by atoms with E-state index in [1.54, 1.807) is 73.1 Å². The van der Waals surface area contributed by atoms with Crippen LogP contribution in [0.1, 0.15) is 20.7 Å². The molecule has 0 aliphatic carbocycles. The van der Waals surface area contributed by atoms with Crippen LogP contribution >= 0.6 is 11.6 Å². The number of nitrogens with one attached hydrogen (secondary N) is 1. The molecule has 0 bridgehead atoms. The maximum absolute atomic E-state index is 12.9. The Kier molecular flexibility index (Phi) is 5.57. The van der Waals surface area contributed by atoms with Gasteiger partial charge in [0.1, 0.15) is 11.5 Å². The van der Waals surface area contributed by atoms with Crippen molar-refractivity contribution in [2.75, 3.05) is 6.61 Å². The molecule has 168 valence electrons. The minimum absolute atomic E-state index is 0.173. The highest BCUT2D eigenvalue weighted by Crippen LogP contribution is 2.29. The number of amides is 1. The third-order valence-electron chi connectivity index (χ3n) is 5.25. The van der Waals surface area contributed by atoms with Gasteiger partial charge in [-0.3, -0.25) is 9.59 Å². The molecule has 5 aromatic rings. The lowest BCUT2D eigenvalue weighted by atomic mass is 10.1. The summed E-state index contributed by atoms with van der Waals surface area (Å²) in [5.74, 6) is 0.219. The fourth-order valence-corrected chi connectivity index (χ4v) is 3.82. The number of H-pyrrole nitrogens is 1. The van der Waals surface area contributed by atoms with Crippen molar-refractivity contribution >= 4 is 45.0 Å². The summed E-state index contributed by atoms with van der Waals surface area (Å²) >= 11 is 6.04. The molecule has 0 aliphatic heterocycles. The van der Waals surface area contributed by atoms with Gasteiger partial charge in [-0.05, 0) is 53.2 Å². The molecule has 5 rings (SSSR count). The molecule has 8 nitrogen and oxygen atoms in total. The van der Waals surface area contributed by atoms with Gasteiger partial charge in [0.25, 0.3) is 5.91 Å². The number of aromatic nitrogens is 3. The van der Waals surface area contributed by atoms with Crippen LogP contribution < -0.4 is 15.2 Å². The summed E-state index contributed by atoms with van der Waals surface area (Å²) in [5.41, 5.74) is 6.87. The third kappa shape index (κ3) is 4.26. The molecule has 0 fully saturated rings. The highest BCUT2D eigenvalue weighted by Gasteiger charge is 2.17. The van der Waals surface area contributed by atoms with E-state index >= 15 is 0 Å². The van der Waals surface area contributed by atoms with E-state index in [1.165, 1.54) is 0 Å². The lowest BCUT2D eigenvalue weighted by molar-refractivity contribution is 0.0914. The minimum atomic E-state index is -0.660. The monoisotopic (exact) mass is 472 g/mol. The van der Waals surface area contributed by atoms with E-state index in [0.717, 1.165) is 10.8 Å². The summed E-state index contributed by atoms with van der Waals surface area (Å²) in [6.45, 7) is -0.274. The average molecular weight is 473 g/mol. The van der Waals surface area contributed by atoms with Crippen LogP contribution in [0, 0.1) is 0 Å². The van der Waals surface area contributed by atoms with Crippen LogP contribution in [0.15, 0.2) is 73.1 Å². The fourth-order valence-electron chi connectivity index (χ4n) is 3.64. The first-order chi connectivity index (χ1) is 16.5. The van der Waals surface area contributed by atoms with E-state index < -0.39 is 5.91 Å². The van der Waals surface area contributed by atoms with E-state index in [2.05, 4.69) is 15.2 Å². The molecule has 3 aromatic carbocycles. The Balaban J connectivity index is 1.37. The van der Waals surface area contributed by atoms with Crippen LogP contribution in [0.5, 0.6) is 17.4 Å². The second-order valence-electron chi connectivity index (χ2n) is 7.49. The van der Waals surface area contributed by atoms with Crippen LogP contribution in [0.4, 0.5) is 0 Å². The first kappa shape index (κ1) is 21.4. The predicted molar refractivity (Wildman–Crippen MR) is 128 cm³/mol. The molecule has 2 aromatic heterocycles. The number of benzene rings is 3. The number of hydrogen-bond acceptors (Lipinski definition) is 6. The predicted octanol–water partition coefficient (Wildman–Crippen LogP) is 4.92. The van der Waals surface area contributed by atoms with Crippen molar-refractivity contribution in [1.82, 2.24) is 15.2 Å². The van der Waals surface area contributed by atoms with Crippen LogP contribution in [-0.4, -0.2) is 33.5 Å². The van der Waals surface area contributed by atoms with Crippen molar-refractivity contribution in [2.24, 2.45) is 5.73 Å². The number of rotatable bonds is 7. The molecule has 0 saturated heterocycles. The van der Waals surface area contributed by atoms with E-state index in [9.17, 15) is 9.59 Å². The number of nitrogens with two attached hydrogens (primary N) is 1. The molecule has 2 heterocycles. The zero-order chi connectivity index (χ0) is 23.7. The lowest BCUT2D eigenvalue weighted by Gasteiger charge is -2.11. The van der Waals surface area contributed by atoms with Crippen molar-refractivity contribution in [3.05, 3.63) is 89.2 Å². The second kappa shape index (κ2) is 8.84. The third-order valence-corrected chi connectivity index (χ3v) is 5.48. The van der Waals surface area contributed by atoms with Gasteiger partial charge in [0.15, 0.2) is 6.61 Å². The fraction of sp³-hybridized carbons (Fsp3) is 0.0400. The number of halogens is 1. The molecular formula is C25H17ClN4O4. The molecule has 0 saturated carbocycles. The second-order valence-corrected chi connectivity index (χ2v) is 7.93. The normalized spacial score (nSPS) is 11.0. The summed E-state index contributed by atoms with van der Waals surface area (Å²) in [6, 6.07) is 17.2. The number of Topliss-reactive ketones (excluding diaryl/α,β-unsaturated/α-hetero) is 1. The summed E-state index contributed by atoms with van der Waals surface area (Å²) < 4.78 is 11.4. The Hall–Kier alpha value is -4.43. The van der Waals surface area contributed by atoms with E-state index in [1.807, 2.05) is 0 Å². The van der Waals surface area contributed by atoms with Crippen molar-refractivity contribution in [3.63, 3.8) is 0 Å². The molecule has 0 radical (unpaired) electrons. The van der Waals surface area contributed by atoms with Gasteiger partial charge in [-0.15, -0.1) is 5.10 Å². The Morgan fingerprint density at radius 1 is 1.00 bits per heavy atom. The number of carbonyl (C=O) groups is 2. The summed E-state index contributed by atoms with van der Waals surface area (Å²) in [5, 5.41) is 10.5. The van der Waals surface area contributed by atoms with Gasteiger partial charge < -0.3 is 20.2 Å². The zero-order valence-electron chi connectivity index (χ0n) is 17.6. The number of ketones is 1. The highest BCUT2D eigenvalue weighted by molar-refractivity contribution is 6.31. The Morgan fingerprint density at radius 2 is 1.88 bits per heavy atom. The van der Waals surface area contributed by atoms with Gasteiger partial charge in [-0.25, -0.2) is 0 Å². The number of aromatic amines is 1. The molecule has 3 N–H and O–H groups in total. The van der Waals surface area contributed by atoms with Gasteiger partial charge in [0.2, 0.25) is 11.7 Å². The molecule has 0 spiro atoms. The van der Waals surface area contributed by atoms with Crippen molar-refractivity contribution in [2.45, 2.75) is 0 Å². The van der Waals surface area contributed by atoms with E-state index in [-0.39, 0.29) is 23.7 Å². The first-order valence-corrected chi connectivity index (χ1v) is 10.6. The molecule has 0 aliphatic rings. The van der Waals surface area contributed by atoms with Crippen molar-refractivity contribution in [1.29, 1.82) is 0 Å². The van der Waals surface area contributed by atoms with Crippen LogP contribution in [-0.2, 0) is 0 Å². The average Bonchev–Trinajstić information content (AvgIpc) is 3.26. The molecule has 0 atom stereocenters. The van der Waals surface area contributed by atoms with Crippen LogP contribution in [0.2, 0.25) is 5.02 Å². The summed E-state index contributed by atoms with van der Waals surface area (Å²) in [7, 11) is 0. The highest BCUT2D eigenvalue weighted by atomic mass is 35.5. The zero-order valence-corrected chi connectivity index (χ0v) is 18.4. The summed E-state index contributed by atoms with van der Waals surface area (Å²) in [6.07, 6.45) is 3.17. The number of carbonyl (C=O) groups excluding carboxylic acids is 2. The number of fused-ring (bicyclic) bond motifs is 2. The topological polar surface area (TPSA) is 120 Å². The van der Waals surface area contributed by atoms with Gasteiger partial charge in [0.05, 0.1) is 5.56 Å². The number of nitrogens with zero attached hydrogens (tertiary/aromatic N) is 2. The van der Waals surface area contributed by atoms with Crippen LogP contribution in [0.25, 0.3) is 21.7 Å². The number of primary amides is 1. The van der Waals surface area contributed by atoms with Crippen molar-refractivity contribution < 1.29 is 19.1 Å². The van der Waals surface area contributed by atoms with Gasteiger partial charge in [-0.2, -0.15) is 5.10 Å². The lowest BCUT2D eigenvalue weighted by Crippen LogP contribution is -2.16. The van der Waals surface area contributed by atoms with Gasteiger partial charge in [-0.1, -0.05) is 17.7 Å². The largest absolute Gasteiger partial charge is 0.485 e. The summed E-state index contributed by atoms with van der Waals surface area (Å²) in [4.78, 5) is 28.0. The Bertz CT molecular complexity index is 1550. The molecule has 9 heteroatoms. The van der Waals surface area contributed by atoms with E-state index in [0.29, 0.717) is 33.1 Å². The standard InChI is InChI=1S/C25H17ClN4O4/c26-16-4-3-14-10-23(19(25(27)32)9-15(14)8-16)33-13-22(31)20-12-28-21-11-17(5-6-18(20)21)34-24-2-1-7-29-30-24/h1-12,28H,13H2,(H2,27,32). The maximum atomic E-state index is 12.9. The quantitative estimate of drug-likeness (QED) is 0.324. The van der Waals surface area contributed by atoms with Crippen molar-refractivity contribution in [3.8, 4) is 17.4 Å². The van der Waals surface area contributed by atoms with Gasteiger partial charge in [0, 0.05) is 46.0 Å². The SMILES string of the molecule is NC(=O)c1cc2cc(Cl)ccc2cc1OCC(=O)c1c[nH]c2cc(Oc3cccnn3)ccc12. The van der Waals surface area contributed by atoms with Gasteiger partial charge >= 0.3 is 0 Å². The Morgan fingerprint density at radius 3 is 2.68 bits per heavy atom. The van der Waals surface area contributed by atoms with Crippen LogP contribution in [0.3, 0.4) is 0 Å². The Labute approximate surface area is 198 Å². The molecular weight excluding hydrogens is 456 g/mol. The molecule has 34 heavy (non-hydrogen) atoms. The maximum Gasteiger partial charge on any atom is 0.252 e. The number of hydrogen-bond donors (Lipinski definition) is 2. The minimum Gasteiger partial charge on any atom is -0.485 e. The van der Waals surface area contributed by atoms with E-state index in [4.69, 9.17) is 26.8 Å².